The maximum absolute atomic E-state index is 12.6. The summed E-state index contributed by atoms with van der Waals surface area (Å²) in [6.45, 7) is 5.50. The molecular weight excluding hydrogens is 342 g/mol. The monoisotopic (exact) mass is 373 g/mol. The van der Waals surface area contributed by atoms with Crippen LogP contribution in [0.5, 0.6) is 0 Å². The number of carbonyl (C=O) groups is 1. The van der Waals surface area contributed by atoms with Crippen LogP contribution in [0.25, 0.3) is 0 Å². The van der Waals surface area contributed by atoms with Gasteiger partial charge in [0.25, 0.3) is 0 Å². The molecule has 3 rings (SSSR count). The molecule has 4 nitrogen and oxygen atoms in total. The van der Waals surface area contributed by atoms with Crippen LogP contribution in [0.2, 0.25) is 0 Å². The molecule has 1 aromatic rings. The van der Waals surface area contributed by atoms with E-state index < -0.39 is 0 Å². The van der Waals surface area contributed by atoms with Crippen molar-refractivity contribution in [2.24, 2.45) is 10.8 Å². The van der Waals surface area contributed by atoms with Gasteiger partial charge in [-0.1, -0.05) is 6.07 Å². The number of rotatable bonds is 5. The maximum atomic E-state index is 12.6. The summed E-state index contributed by atoms with van der Waals surface area (Å²) in [6.07, 6.45) is 5.88. The molecule has 0 N–H and O–H groups in total. The lowest BCUT2D eigenvalue weighted by molar-refractivity contribution is -0.128. The number of nitriles is 1. The third-order valence-electron chi connectivity index (χ3n) is 6.69. The lowest BCUT2D eigenvalue weighted by Crippen LogP contribution is -2.47. The lowest BCUT2D eigenvalue weighted by atomic mass is 9.66. The van der Waals surface area contributed by atoms with Crippen LogP contribution >= 0.6 is 11.3 Å². The summed E-state index contributed by atoms with van der Waals surface area (Å²) < 4.78 is 0. The van der Waals surface area contributed by atoms with E-state index in [0.29, 0.717) is 13.0 Å². The second kappa shape index (κ2) is 6.98. The molecule has 2 heterocycles. The van der Waals surface area contributed by atoms with E-state index in [2.05, 4.69) is 42.6 Å². The van der Waals surface area contributed by atoms with Crippen LogP contribution in [0.3, 0.4) is 0 Å². The van der Waals surface area contributed by atoms with Gasteiger partial charge in [-0.3, -0.25) is 9.69 Å². The molecule has 5 heteroatoms. The largest absolute Gasteiger partial charge is 0.342 e. The maximum Gasteiger partial charge on any atom is 0.223 e. The summed E-state index contributed by atoms with van der Waals surface area (Å²) in [5, 5.41) is 11.4. The minimum Gasteiger partial charge on any atom is -0.342 e. The van der Waals surface area contributed by atoms with E-state index in [-0.39, 0.29) is 22.3 Å². The van der Waals surface area contributed by atoms with Crippen molar-refractivity contribution in [2.45, 2.75) is 57.9 Å². The van der Waals surface area contributed by atoms with Crippen molar-refractivity contribution < 1.29 is 4.79 Å². The Hall–Kier alpha value is -1.38. The summed E-state index contributed by atoms with van der Waals surface area (Å²) >= 11 is 1.85. The Morgan fingerprint density at radius 3 is 2.54 bits per heavy atom. The van der Waals surface area contributed by atoms with Crippen LogP contribution in [-0.2, 0) is 10.3 Å². The van der Waals surface area contributed by atoms with Crippen LogP contribution < -0.4 is 0 Å². The molecule has 0 radical (unpaired) electrons. The van der Waals surface area contributed by atoms with E-state index in [1.54, 1.807) is 0 Å². The van der Waals surface area contributed by atoms with Gasteiger partial charge < -0.3 is 4.90 Å². The Bertz CT molecular complexity index is 679. The number of likely N-dealkylation sites (tertiary alicyclic amines) is 1. The number of amides is 1. The second-order valence-electron chi connectivity index (χ2n) is 9.14. The molecule has 0 unspecified atom stereocenters. The SMILES string of the molecule is CN(C)C1(c2cccs2)CCC2(CC1)CC(=O)N(CCC(C)(C)C#N)C2. The third-order valence-corrected chi connectivity index (χ3v) is 7.75. The van der Waals surface area contributed by atoms with Gasteiger partial charge in [-0.05, 0) is 76.9 Å². The van der Waals surface area contributed by atoms with Crippen molar-refractivity contribution in [3.8, 4) is 6.07 Å². The topological polar surface area (TPSA) is 47.3 Å². The Kier molecular flexibility index (Phi) is 5.20. The fraction of sp³-hybridized carbons (Fsp3) is 0.714. The standard InChI is InChI=1S/C21H31N3OS/c1-19(2,15-22)11-12-24-16-20(14-18(24)25)7-9-21(10-8-20,23(3)4)17-6-5-13-26-17/h5-6,13H,7-12,14,16H2,1-4H3. The quantitative estimate of drug-likeness (QED) is 0.776. The van der Waals surface area contributed by atoms with Crippen molar-refractivity contribution in [3.63, 3.8) is 0 Å². The minimum atomic E-state index is -0.359. The number of carbonyl (C=O) groups excluding carboxylic acids is 1. The van der Waals surface area contributed by atoms with E-state index in [1.165, 1.54) is 4.88 Å². The minimum absolute atomic E-state index is 0.124. The van der Waals surface area contributed by atoms with Crippen molar-refractivity contribution in [2.75, 3.05) is 27.2 Å². The average Bonchev–Trinajstić information content (AvgIpc) is 3.23. The molecule has 0 aromatic carbocycles. The van der Waals surface area contributed by atoms with Gasteiger partial charge in [0.2, 0.25) is 5.91 Å². The molecule has 2 aliphatic rings. The van der Waals surface area contributed by atoms with Crippen LogP contribution in [0.1, 0.15) is 57.2 Å². The van der Waals surface area contributed by atoms with E-state index in [9.17, 15) is 10.1 Å². The zero-order chi connectivity index (χ0) is 19.0. The van der Waals surface area contributed by atoms with Crippen LogP contribution in [0.4, 0.5) is 0 Å². The molecule has 2 fully saturated rings. The molecular formula is C21H31N3OS. The van der Waals surface area contributed by atoms with E-state index in [4.69, 9.17) is 0 Å². The highest BCUT2D eigenvalue weighted by atomic mass is 32.1. The van der Waals surface area contributed by atoms with Gasteiger partial charge in [0, 0.05) is 24.4 Å². The second-order valence-corrected chi connectivity index (χ2v) is 10.1. The van der Waals surface area contributed by atoms with Crippen LogP contribution in [0.15, 0.2) is 17.5 Å². The predicted octanol–water partition coefficient (Wildman–Crippen LogP) is 4.24. The molecule has 0 atom stereocenters. The summed E-state index contributed by atoms with van der Waals surface area (Å²) in [6, 6.07) is 6.76. The molecule has 1 aromatic heterocycles. The smallest absolute Gasteiger partial charge is 0.223 e. The fourth-order valence-electron chi connectivity index (χ4n) is 4.64. The Balaban J connectivity index is 1.67. The molecule has 1 spiro atoms. The Morgan fingerprint density at radius 2 is 2.00 bits per heavy atom. The van der Waals surface area contributed by atoms with Crippen molar-refractivity contribution in [3.05, 3.63) is 22.4 Å². The highest BCUT2D eigenvalue weighted by Crippen LogP contribution is 2.52. The molecule has 1 amide bonds. The van der Waals surface area contributed by atoms with Crippen molar-refractivity contribution in [1.29, 1.82) is 5.26 Å². The van der Waals surface area contributed by atoms with Crippen LogP contribution in [0, 0.1) is 22.2 Å². The first-order valence-corrected chi connectivity index (χ1v) is 10.5. The first-order chi connectivity index (χ1) is 12.2. The normalized spacial score (nSPS) is 29.5. The highest BCUT2D eigenvalue weighted by Gasteiger charge is 2.50. The molecule has 1 saturated carbocycles. The van der Waals surface area contributed by atoms with Gasteiger partial charge >= 0.3 is 0 Å². The molecule has 1 aliphatic carbocycles. The lowest BCUT2D eigenvalue weighted by Gasteiger charge is -2.48. The van der Waals surface area contributed by atoms with Gasteiger partial charge in [-0.25, -0.2) is 0 Å². The average molecular weight is 374 g/mol. The summed E-state index contributed by atoms with van der Waals surface area (Å²) in [7, 11) is 4.38. The number of nitrogens with zero attached hydrogens (tertiary/aromatic N) is 3. The number of hydrogen-bond donors (Lipinski definition) is 0. The van der Waals surface area contributed by atoms with E-state index in [1.807, 2.05) is 30.1 Å². The van der Waals surface area contributed by atoms with E-state index in [0.717, 1.165) is 38.6 Å². The van der Waals surface area contributed by atoms with E-state index >= 15 is 0 Å². The van der Waals surface area contributed by atoms with Crippen molar-refractivity contribution >= 4 is 17.2 Å². The summed E-state index contributed by atoms with van der Waals surface area (Å²) in [5.41, 5.74) is -0.0921. The van der Waals surface area contributed by atoms with Gasteiger partial charge in [0.1, 0.15) is 0 Å². The van der Waals surface area contributed by atoms with Gasteiger partial charge in [0.15, 0.2) is 0 Å². The number of thiophene rings is 1. The molecule has 1 aliphatic heterocycles. The first-order valence-electron chi connectivity index (χ1n) is 9.63. The van der Waals surface area contributed by atoms with Gasteiger partial charge in [-0.2, -0.15) is 5.26 Å². The zero-order valence-corrected chi connectivity index (χ0v) is 17.4. The zero-order valence-electron chi connectivity index (χ0n) is 16.5. The molecule has 1 saturated heterocycles. The number of hydrogen-bond acceptors (Lipinski definition) is 4. The van der Waals surface area contributed by atoms with Gasteiger partial charge in [0.05, 0.1) is 17.0 Å². The Labute approximate surface area is 161 Å². The molecule has 142 valence electrons. The van der Waals surface area contributed by atoms with Crippen molar-refractivity contribution in [1.82, 2.24) is 9.80 Å². The fourth-order valence-corrected chi connectivity index (χ4v) is 5.71. The molecule has 0 bridgehead atoms. The van der Waals surface area contributed by atoms with Gasteiger partial charge in [-0.15, -0.1) is 11.3 Å². The molecule has 26 heavy (non-hydrogen) atoms. The van der Waals surface area contributed by atoms with Crippen LogP contribution in [-0.4, -0.2) is 42.9 Å². The Morgan fingerprint density at radius 1 is 1.31 bits per heavy atom. The highest BCUT2D eigenvalue weighted by molar-refractivity contribution is 7.10. The first kappa shape index (κ1) is 19.4. The summed E-state index contributed by atoms with van der Waals surface area (Å²) in [5.74, 6) is 0.284. The summed E-state index contributed by atoms with van der Waals surface area (Å²) in [4.78, 5) is 18.5. The third kappa shape index (κ3) is 3.54. The predicted molar refractivity (Wildman–Crippen MR) is 106 cm³/mol.